The molecule has 2 nitrogen and oxygen atoms in total. The lowest BCUT2D eigenvalue weighted by Crippen LogP contribution is -2.36. The van der Waals surface area contributed by atoms with Crippen LogP contribution in [-0.2, 0) is 11.2 Å². The second kappa shape index (κ2) is 6.66. The zero-order chi connectivity index (χ0) is 11.9. The number of hydrogen-bond acceptors (Lipinski definition) is 2. The van der Waals surface area contributed by atoms with Crippen molar-refractivity contribution in [3.05, 3.63) is 35.9 Å². The number of ether oxygens (including phenoxy) is 1. The van der Waals surface area contributed by atoms with Crippen molar-refractivity contribution in [1.82, 2.24) is 0 Å². The molecular weight excluding hydrogens is 200 g/mol. The molecule has 0 saturated carbocycles. The van der Waals surface area contributed by atoms with E-state index in [2.05, 4.69) is 6.92 Å². The third-order valence-corrected chi connectivity index (χ3v) is 2.75. The van der Waals surface area contributed by atoms with E-state index < -0.39 is 5.60 Å². The zero-order valence-electron chi connectivity index (χ0n) is 10.3. The first-order valence-corrected chi connectivity index (χ1v) is 6.04. The van der Waals surface area contributed by atoms with E-state index in [-0.39, 0.29) is 0 Å². The predicted molar refractivity (Wildman–Crippen MR) is 66.5 cm³/mol. The summed E-state index contributed by atoms with van der Waals surface area (Å²) < 4.78 is 5.46. The first-order chi connectivity index (χ1) is 7.70. The summed E-state index contributed by atoms with van der Waals surface area (Å²) in [5.74, 6) is 0. The summed E-state index contributed by atoms with van der Waals surface area (Å²) >= 11 is 0. The van der Waals surface area contributed by atoms with Gasteiger partial charge in [-0.2, -0.15) is 0 Å². The van der Waals surface area contributed by atoms with E-state index in [1.165, 1.54) is 0 Å². The van der Waals surface area contributed by atoms with Crippen LogP contribution in [0.15, 0.2) is 30.3 Å². The summed E-state index contributed by atoms with van der Waals surface area (Å²) in [6, 6.07) is 10.1. The molecule has 16 heavy (non-hydrogen) atoms. The molecule has 0 bridgehead atoms. The van der Waals surface area contributed by atoms with Crippen molar-refractivity contribution in [2.24, 2.45) is 0 Å². The molecule has 0 radical (unpaired) electrons. The lowest BCUT2D eigenvalue weighted by molar-refractivity contribution is -0.0482. The minimum Gasteiger partial charge on any atom is -0.387 e. The Labute approximate surface area is 98.3 Å². The molecule has 1 aromatic rings. The van der Waals surface area contributed by atoms with E-state index in [1.807, 2.05) is 37.3 Å². The molecule has 90 valence electrons. The van der Waals surface area contributed by atoms with Crippen LogP contribution < -0.4 is 0 Å². The van der Waals surface area contributed by atoms with Gasteiger partial charge in [0.2, 0.25) is 0 Å². The SMILES string of the molecule is CCCOCC(O)(CC)Cc1ccccc1. The Balaban J connectivity index is 2.52. The van der Waals surface area contributed by atoms with Crippen molar-refractivity contribution in [1.29, 1.82) is 0 Å². The molecule has 1 atom stereocenters. The summed E-state index contributed by atoms with van der Waals surface area (Å²) in [6.07, 6.45) is 2.37. The van der Waals surface area contributed by atoms with Gasteiger partial charge in [0.1, 0.15) is 0 Å². The molecule has 0 aliphatic rings. The number of rotatable bonds is 7. The van der Waals surface area contributed by atoms with Gasteiger partial charge in [-0.15, -0.1) is 0 Å². The highest BCUT2D eigenvalue weighted by Gasteiger charge is 2.25. The van der Waals surface area contributed by atoms with Crippen molar-refractivity contribution < 1.29 is 9.84 Å². The number of aliphatic hydroxyl groups is 1. The first-order valence-electron chi connectivity index (χ1n) is 6.04. The molecule has 0 saturated heterocycles. The Morgan fingerprint density at radius 1 is 1.19 bits per heavy atom. The fourth-order valence-corrected chi connectivity index (χ4v) is 1.66. The van der Waals surface area contributed by atoms with Gasteiger partial charge in [0.05, 0.1) is 12.2 Å². The Hall–Kier alpha value is -0.860. The van der Waals surface area contributed by atoms with Crippen molar-refractivity contribution in [2.45, 2.75) is 38.7 Å². The molecule has 1 rings (SSSR count). The molecule has 1 aromatic carbocycles. The number of benzene rings is 1. The Bertz CT molecular complexity index is 284. The van der Waals surface area contributed by atoms with Gasteiger partial charge < -0.3 is 9.84 Å². The molecule has 1 unspecified atom stereocenters. The fourth-order valence-electron chi connectivity index (χ4n) is 1.66. The molecule has 0 aliphatic heterocycles. The van der Waals surface area contributed by atoms with Gasteiger partial charge >= 0.3 is 0 Å². The van der Waals surface area contributed by atoms with E-state index in [4.69, 9.17) is 4.74 Å². The standard InChI is InChI=1S/C14H22O2/c1-3-10-16-12-14(15,4-2)11-13-8-6-5-7-9-13/h5-9,15H,3-4,10-12H2,1-2H3. The average molecular weight is 222 g/mol. The van der Waals surface area contributed by atoms with Crippen LogP contribution in [0.4, 0.5) is 0 Å². The highest BCUT2D eigenvalue weighted by molar-refractivity contribution is 5.17. The third kappa shape index (κ3) is 4.33. The van der Waals surface area contributed by atoms with E-state index in [9.17, 15) is 5.11 Å². The molecule has 1 N–H and O–H groups in total. The van der Waals surface area contributed by atoms with Crippen LogP contribution in [0.5, 0.6) is 0 Å². The molecule has 0 heterocycles. The molecular formula is C14H22O2. The maximum Gasteiger partial charge on any atom is 0.0917 e. The van der Waals surface area contributed by atoms with E-state index in [0.717, 1.165) is 18.6 Å². The quantitative estimate of drug-likeness (QED) is 0.719. The lowest BCUT2D eigenvalue weighted by Gasteiger charge is -2.26. The second-order valence-electron chi connectivity index (χ2n) is 4.29. The van der Waals surface area contributed by atoms with Gasteiger partial charge in [-0.3, -0.25) is 0 Å². The van der Waals surface area contributed by atoms with Crippen molar-refractivity contribution >= 4 is 0 Å². The van der Waals surface area contributed by atoms with Gasteiger partial charge in [-0.1, -0.05) is 44.2 Å². The van der Waals surface area contributed by atoms with Crippen LogP contribution in [0.2, 0.25) is 0 Å². The summed E-state index contributed by atoms with van der Waals surface area (Å²) in [5.41, 5.74) is 0.434. The Morgan fingerprint density at radius 2 is 1.88 bits per heavy atom. The summed E-state index contributed by atoms with van der Waals surface area (Å²) in [5, 5.41) is 10.4. The summed E-state index contributed by atoms with van der Waals surface area (Å²) in [6.45, 7) is 5.21. The van der Waals surface area contributed by atoms with Gasteiger partial charge in [0, 0.05) is 13.0 Å². The van der Waals surface area contributed by atoms with Gasteiger partial charge in [-0.25, -0.2) is 0 Å². The molecule has 2 heteroatoms. The molecule has 0 aliphatic carbocycles. The third-order valence-electron chi connectivity index (χ3n) is 2.75. The normalized spacial score (nSPS) is 14.7. The van der Waals surface area contributed by atoms with Crippen LogP contribution >= 0.6 is 0 Å². The van der Waals surface area contributed by atoms with Crippen molar-refractivity contribution in [3.63, 3.8) is 0 Å². The number of hydrogen-bond donors (Lipinski definition) is 1. The fraction of sp³-hybridized carbons (Fsp3) is 0.571. The average Bonchev–Trinajstić information content (AvgIpc) is 2.31. The Kier molecular flexibility index (Phi) is 5.50. The molecule has 0 amide bonds. The topological polar surface area (TPSA) is 29.5 Å². The van der Waals surface area contributed by atoms with Crippen molar-refractivity contribution in [2.75, 3.05) is 13.2 Å². The van der Waals surface area contributed by atoms with E-state index in [1.54, 1.807) is 0 Å². The molecule has 0 spiro atoms. The van der Waals surface area contributed by atoms with Crippen LogP contribution in [0.3, 0.4) is 0 Å². The van der Waals surface area contributed by atoms with Crippen LogP contribution in [0.1, 0.15) is 32.3 Å². The maximum absolute atomic E-state index is 10.4. The van der Waals surface area contributed by atoms with Crippen LogP contribution in [-0.4, -0.2) is 23.9 Å². The predicted octanol–water partition coefficient (Wildman–Crippen LogP) is 2.80. The van der Waals surface area contributed by atoms with E-state index >= 15 is 0 Å². The van der Waals surface area contributed by atoms with E-state index in [0.29, 0.717) is 19.4 Å². The minimum absolute atomic E-state index is 0.423. The van der Waals surface area contributed by atoms with Crippen LogP contribution in [0, 0.1) is 0 Å². The summed E-state index contributed by atoms with van der Waals surface area (Å²) in [7, 11) is 0. The zero-order valence-corrected chi connectivity index (χ0v) is 10.3. The van der Waals surface area contributed by atoms with Gasteiger partial charge in [0.15, 0.2) is 0 Å². The maximum atomic E-state index is 10.4. The van der Waals surface area contributed by atoms with Crippen LogP contribution in [0.25, 0.3) is 0 Å². The van der Waals surface area contributed by atoms with Crippen molar-refractivity contribution in [3.8, 4) is 0 Å². The molecule has 0 aromatic heterocycles. The lowest BCUT2D eigenvalue weighted by atomic mass is 9.93. The van der Waals surface area contributed by atoms with Gasteiger partial charge in [-0.05, 0) is 18.4 Å². The smallest absolute Gasteiger partial charge is 0.0917 e. The highest BCUT2D eigenvalue weighted by atomic mass is 16.5. The summed E-state index contributed by atoms with van der Waals surface area (Å²) in [4.78, 5) is 0. The minimum atomic E-state index is -0.726. The van der Waals surface area contributed by atoms with Gasteiger partial charge in [0.25, 0.3) is 0 Å². The molecule has 0 fully saturated rings. The Morgan fingerprint density at radius 3 is 2.44 bits per heavy atom. The second-order valence-corrected chi connectivity index (χ2v) is 4.29. The largest absolute Gasteiger partial charge is 0.387 e. The first kappa shape index (κ1) is 13.2. The highest BCUT2D eigenvalue weighted by Crippen LogP contribution is 2.17. The monoisotopic (exact) mass is 222 g/mol.